The molecule has 0 unspecified atom stereocenters. The lowest BCUT2D eigenvalue weighted by Crippen LogP contribution is -2.37. The van der Waals surface area contributed by atoms with Crippen molar-refractivity contribution < 1.29 is 9.53 Å². The Kier molecular flexibility index (Phi) is 5.72. The summed E-state index contributed by atoms with van der Waals surface area (Å²) < 4.78 is 6.90. The van der Waals surface area contributed by atoms with Crippen LogP contribution in [0.2, 0.25) is 0 Å². The zero-order valence-corrected chi connectivity index (χ0v) is 15.8. The fourth-order valence-electron chi connectivity index (χ4n) is 3.05. The van der Waals surface area contributed by atoms with Crippen molar-refractivity contribution >= 4 is 34.6 Å². The number of nitrogens with zero attached hydrogens (tertiary/aromatic N) is 3. The number of hydrogen-bond donors (Lipinski definition) is 2. The van der Waals surface area contributed by atoms with Gasteiger partial charge in [0.2, 0.25) is 0 Å². The first-order valence-electron chi connectivity index (χ1n) is 8.62. The molecule has 1 aromatic heterocycles. The van der Waals surface area contributed by atoms with Gasteiger partial charge in [-0.25, -0.2) is 0 Å². The quantitative estimate of drug-likeness (QED) is 0.803. The number of anilines is 2. The van der Waals surface area contributed by atoms with E-state index in [0.29, 0.717) is 22.2 Å². The predicted octanol–water partition coefficient (Wildman–Crippen LogP) is 2.86. The number of carbonyl (C=O) groups is 1. The first kappa shape index (κ1) is 18.2. The van der Waals surface area contributed by atoms with Crippen LogP contribution in [0.3, 0.4) is 0 Å². The van der Waals surface area contributed by atoms with Crippen molar-refractivity contribution in [2.45, 2.75) is 19.3 Å². The van der Waals surface area contributed by atoms with E-state index in [-0.39, 0.29) is 5.91 Å². The largest absolute Gasteiger partial charge is 0.495 e. The number of piperidine rings is 1. The van der Waals surface area contributed by atoms with Gasteiger partial charge in [-0.1, -0.05) is 12.1 Å². The number of nitrogens with one attached hydrogen (secondary N) is 2. The average molecular weight is 373 g/mol. The summed E-state index contributed by atoms with van der Waals surface area (Å²) in [6, 6.07) is 7.50. The smallest absolute Gasteiger partial charge is 0.274 e. The molecule has 0 atom stereocenters. The van der Waals surface area contributed by atoms with Crippen LogP contribution in [-0.4, -0.2) is 45.9 Å². The van der Waals surface area contributed by atoms with Gasteiger partial charge in [0.15, 0.2) is 5.11 Å². The Labute approximate surface area is 158 Å². The highest BCUT2D eigenvalue weighted by Crippen LogP contribution is 2.24. The third-order valence-electron chi connectivity index (χ3n) is 4.39. The zero-order valence-electron chi connectivity index (χ0n) is 15.0. The van der Waals surface area contributed by atoms with Gasteiger partial charge in [-0.05, 0) is 43.6 Å². The number of hydrogen-bond acceptors (Lipinski definition) is 4. The highest BCUT2D eigenvalue weighted by Gasteiger charge is 2.24. The molecule has 0 saturated carbocycles. The summed E-state index contributed by atoms with van der Waals surface area (Å²) in [5, 5.41) is 10.8. The first-order chi connectivity index (χ1) is 12.6. The molecule has 1 aromatic carbocycles. The van der Waals surface area contributed by atoms with Crippen molar-refractivity contribution in [1.82, 2.24) is 14.7 Å². The van der Waals surface area contributed by atoms with Crippen LogP contribution in [0.4, 0.5) is 11.4 Å². The molecule has 2 N–H and O–H groups in total. The van der Waals surface area contributed by atoms with Gasteiger partial charge in [-0.3, -0.25) is 9.48 Å². The van der Waals surface area contributed by atoms with Crippen molar-refractivity contribution in [1.29, 1.82) is 0 Å². The van der Waals surface area contributed by atoms with Crippen LogP contribution in [-0.2, 0) is 7.05 Å². The number of aromatic nitrogens is 2. The van der Waals surface area contributed by atoms with E-state index in [9.17, 15) is 4.79 Å². The predicted molar refractivity (Wildman–Crippen MR) is 106 cm³/mol. The Morgan fingerprint density at radius 1 is 1.15 bits per heavy atom. The molecule has 1 saturated heterocycles. The van der Waals surface area contributed by atoms with Crippen LogP contribution in [0.15, 0.2) is 30.5 Å². The number of aryl methyl sites for hydroxylation is 1. The second-order valence-corrected chi connectivity index (χ2v) is 6.57. The maximum Gasteiger partial charge on any atom is 0.274 e. The fraction of sp³-hybridized carbons (Fsp3) is 0.389. The van der Waals surface area contributed by atoms with E-state index in [2.05, 4.69) is 15.7 Å². The van der Waals surface area contributed by atoms with Crippen molar-refractivity contribution in [3.63, 3.8) is 0 Å². The Morgan fingerprint density at radius 2 is 1.85 bits per heavy atom. The van der Waals surface area contributed by atoms with E-state index in [1.165, 1.54) is 6.42 Å². The van der Waals surface area contributed by atoms with Gasteiger partial charge >= 0.3 is 0 Å². The summed E-state index contributed by atoms with van der Waals surface area (Å²) in [5.74, 6) is 0.666. The molecule has 2 aromatic rings. The lowest BCUT2D eigenvalue weighted by atomic mass is 10.1. The molecule has 1 amide bonds. The molecule has 8 heteroatoms. The number of benzene rings is 1. The third kappa shape index (κ3) is 3.96. The summed E-state index contributed by atoms with van der Waals surface area (Å²) in [4.78, 5) is 14.8. The molecule has 0 bridgehead atoms. The van der Waals surface area contributed by atoms with E-state index in [4.69, 9.17) is 17.0 Å². The Bertz CT molecular complexity index is 799. The maximum absolute atomic E-state index is 12.9. The van der Waals surface area contributed by atoms with Gasteiger partial charge in [-0.15, -0.1) is 0 Å². The van der Waals surface area contributed by atoms with Crippen LogP contribution >= 0.6 is 12.2 Å². The lowest BCUT2D eigenvalue weighted by molar-refractivity contribution is 0.0714. The zero-order chi connectivity index (χ0) is 18.5. The van der Waals surface area contributed by atoms with E-state index >= 15 is 0 Å². The van der Waals surface area contributed by atoms with Crippen molar-refractivity contribution in [3.8, 4) is 5.75 Å². The second kappa shape index (κ2) is 8.18. The SMILES string of the molecule is COc1ccccc1NC(=S)Nc1cnn(C)c1C(=O)N1CCCCC1. The van der Waals surface area contributed by atoms with Gasteiger partial charge in [0.05, 0.1) is 24.7 Å². The third-order valence-corrected chi connectivity index (χ3v) is 4.59. The summed E-state index contributed by atoms with van der Waals surface area (Å²) in [6.07, 6.45) is 4.88. The lowest BCUT2D eigenvalue weighted by Gasteiger charge is -2.27. The molecular weight excluding hydrogens is 350 g/mol. The van der Waals surface area contributed by atoms with Crippen LogP contribution < -0.4 is 15.4 Å². The summed E-state index contributed by atoms with van der Waals surface area (Å²) in [5.41, 5.74) is 1.85. The molecule has 3 rings (SSSR count). The highest BCUT2D eigenvalue weighted by molar-refractivity contribution is 7.80. The number of rotatable bonds is 4. The van der Waals surface area contributed by atoms with Crippen molar-refractivity contribution in [2.75, 3.05) is 30.8 Å². The molecule has 1 aliphatic heterocycles. The minimum Gasteiger partial charge on any atom is -0.495 e. The van der Waals surface area contributed by atoms with Gasteiger partial charge in [0.25, 0.3) is 5.91 Å². The van der Waals surface area contributed by atoms with E-state index in [0.717, 1.165) is 31.6 Å². The number of methoxy groups -OCH3 is 1. The Hall–Kier alpha value is -2.61. The summed E-state index contributed by atoms with van der Waals surface area (Å²) >= 11 is 5.40. The van der Waals surface area contributed by atoms with Crippen molar-refractivity contribution in [3.05, 3.63) is 36.2 Å². The van der Waals surface area contributed by atoms with Gasteiger partial charge < -0.3 is 20.3 Å². The number of thiocarbonyl (C=S) groups is 1. The Morgan fingerprint density at radius 3 is 2.58 bits per heavy atom. The second-order valence-electron chi connectivity index (χ2n) is 6.16. The summed E-state index contributed by atoms with van der Waals surface area (Å²) in [6.45, 7) is 1.57. The van der Waals surface area contributed by atoms with Gasteiger partial charge in [-0.2, -0.15) is 5.10 Å². The van der Waals surface area contributed by atoms with Crippen LogP contribution in [0.25, 0.3) is 0 Å². The van der Waals surface area contributed by atoms with Gasteiger partial charge in [0.1, 0.15) is 11.4 Å². The number of likely N-dealkylation sites (tertiary alicyclic amines) is 1. The molecule has 138 valence electrons. The van der Waals surface area contributed by atoms with E-state index in [1.54, 1.807) is 25.0 Å². The molecule has 2 heterocycles. The van der Waals surface area contributed by atoms with E-state index in [1.807, 2.05) is 29.2 Å². The fourth-order valence-corrected chi connectivity index (χ4v) is 3.27. The molecule has 0 aliphatic carbocycles. The Balaban J connectivity index is 1.74. The molecular formula is C18H23N5O2S. The highest BCUT2D eigenvalue weighted by atomic mass is 32.1. The monoisotopic (exact) mass is 373 g/mol. The number of para-hydroxylation sites is 2. The average Bonchev–Trinajstić information content (AvgIpc) is 3.02. The standard InChI is InChI=1S/C18H23N5O2S/c1-22-16(17(24)23-10-6-3-7-11-23)14(12-19-22)21-18(26)20-13-8-4-5-9-15(13)25-2/h4-5,8-9,12H,3,6-7,10-11H2,1-2H3,(H2,20,21,26). The number of amides is 1. The molecule has 26 heavy (non-hydrogen) atoms. The normalized spacial score (nSPS) is 14.0. The number of ether oxygens (including phenoxy) is 1. The minimum absolute atomic E-state index is 0.0210. The maximum atomic E-state index is 12.9. The molecule has 1 aliphatic rings. The van der Waals surface area contributed by atoms with Crippen LogP contribution in [0.5, 0.6) is 5.75 Å². The topological polar surface area (TPSA) is 71.4 Å². The van der Waals surface area contributed by atoms with Crippen LogP contribution in [0.1, 0.15) is 29.8 Å². The molecule has 0 spiro atoms. The molecule has 7 nitrogen and oxygen atoms in total. The molecule has 1 fully saturated rings. The summed E-state index contributed by atoms with van der Waals surface area (Å²) in [7, 11) is 3.37. The van der Waals surface area contributed by atoms with Crippen molar-refractivity contribution in [2.24, 2.45) is 7.05 Å². The molecule has 0 radical (unpaired) electrons. The first-order valence-corrected chi connectivity index (χ1v) is 9.03. The van der Waals surface area contributed by atoms with Gasteiger partial charge in [0, 0.05) is 20.1 Å². The number of carbonyl (C=O) groups excluding carboxylic acids is 1. The van der Waals surface area contributed by atoms with E-state index < -0.39 is 0 Å². The van der Waals surface area contributed by atoms with Crippen LogP contribution in [0, 0.1) is 0 Å². The minimum atomic E-state index is -0.0210.